The average Bonchev–Trinajstić information content (AvgIpc) is 3.38. The van der Waals surface area contributed by atoms with Crippen molar-refractivity contribution in [3.05, 3.63) is 48.8 Å². The quantitative estimate of drug-likeness (QED) is 0.763. The number of hydrogen-bond donors (Lipinski definition) is 2. The van der Waals surface area contributed by atoms with E-state index < -0.39 is 12.1 Å². The number of carbonyl (C=O) groups excluding carboxylic acids is 1. The Morgan fingerprint density at radius 2 is 1.92 bits per heavy atom. The van der Waals surface area contributed by atoms with Crippen molar-refractivity contribution >= 4 is 28.3 Å². The van der Waals surface area contributed by atoms with E-state index in [0.717, 1.165) is 21.9 Å². The van der Waals surface area contributed by atoms with Gasteiger partial charge in [0.05, 0.1) is 5.92 Å². The van der Waals surface area contributed by atoms with Gasteiger partial charge in [-0.25, -0.2) is 14.4 Å². The number of rotatable bonds is 4. The first-order valence-corrected chi connectivity index (χ1v) is 8.14. The smallest absolute Gasteiger partial charge is 0.231 e. The zero-order valence-corrected chi connectivity index (χ0v) is 13.7. The van der Waals surface area contributed by atoms with Crippen molar-refractivity contribution in [1.29, 1.82) is 0 Å². The van der Waals surface area contributed by atoms with Crippen molar-refractivity contribution in [3.8, 4) is 11.1 Å². The Kier molecular flexibility index (Phi) is 3.80. The molecule has 4 rings (SSSR count). The Morgan fingerprint density at radius 1 is 1.16 bits per heavy atom. The molecule has 0 aliphatic heterocycles. The number of nitrogens with one attached hydrogen (secondary N) is 2. The number of aromatic nitrogens is 2. The first-order valence-electron chi connectivity index (χ1n) is 8.14. The van der Waals surface area contributed by atoms with E-state index in [-0.39, 0.29) is 5.91 Å². The second kappa shape index (κ2) is 6.12. The number of alkyl halides is 1. The molecule has 2 atom stereocenters. The zero-order valence-electron chi connectivity index (χ0n) is 13.7. The number of anilines is 2. The van der Waals surface area contributed by atoms with Gasteiger partial charge in [-0.3, -0.25) is 4.79 Å². The summed E-state index contributed by atoms with van der Waals surface area (Å²) in [6.45, 7) is 0. The van der Waals surface area contributed by atoms with E-state index in [2.05, 4.69) is 20.6 Å². The summed E-state index contributed by atoms with van der Waals surface area (Å²) in [6, 6.07) is 11.7. The van der Waals surface area contributed by atoms with Crippen LogP contribution >= 0.6 is 0 Å². The molecule has 1 saturated carbocycles. The molecule has 0 saturated heterocycles. The van der Waals surface area contributed by atoms with Crippen LogP contribution in [0.5, 0.6) is 0 Å². The number of fused-ring (bicyclic) bond motifs is 1. The number of amides is 1. The largest absolute Gasteiger partial charge is 0.373 e. The molecule has 2 aromatic heterocycles. The molecule has 2 N–H and O–H groups in total. The van der Waals surface area contributed by atoms with Crippen LogP contribution in [0.3, 0.4) is 0 Å². The summed E-state index contributed by atoms with van der Waals surface area (Å²) in [5.74, 6) is 0.271. The first kappa shape index (κ1) is 15.5. The second-order valence-electron chi connectivity index (χ2n) is 6.10. The number of pyridine rings is 2. The van der Waals surface area contributed by atoms with E-state index in [1.165, 1.54) is 0 Å². The van der Waals surface area contributed by atoms with Gasteiger partial charge in [-0.15, -0.1) is 0 Å². The Balaban J connectivity index is 1.79. The van der Waals surface area contributed by atoms with Crippen LogP contribution in [-0.4, -0.2) is 29.1 Å². The van der Waals surface area contributed by atoms with Crippen LogP contribution in [0.25, 0.3) is 21.9 Å². The zero-order chi connectivity index (χ0) is 17.4. The van der Waals surface area contributed by atoms with Crippen LogP contribution in [0, 0.1) is 5.92 Å². The minimum Gasteiger partial charge on any atom is -0.373 e. The number of benzene rings is 1. The standard InChI is InChI=1S/C19H17FN4O/c1-21-18-15-10-22-17(24-19(25)13-7-16(13)20)8-12(15)14(9-23-18)11-5-3-2-4-6-11/h2-6,8-10,13,16H,7H2,1H3,(H,21,23)(H,22,24,25)/t13-,16?/m1/s1. The normalized spacial score (nSPS) is 18.8. The van der Waals surface area contributed by atoms with Crippen LogP contribution < -0.4 is 10.6 Å². The fourth-order valence-corrected chi connectivity index (χ4v) is 2.90. The third-order valence-electron chi connectivity index (χ3n) is 4.39. The van der Waals surface area contributed by atoms with Gasteiger partial charge >= 0.3 is 0 Å². The molecule has 1 fully saturated rings. The summed E-state index contributed by atoms with van der Waals surface area (Å²) in [5.41, 5.74) is 1.97. The molecule has 5 nitrogen and oxygen atoms in total. The van der Waals surface area contributed by atoms with Gasteiger partial charge < -0.3 is 10.6 Å². The van der Waals surface area contributed by atoms with Gasteiger partial charge in [0, 0.05) is 30.4 Å². The van der Waals surface area contributed by atoms with Gasteiger partial charge in [0.15, 0.2) is 0 Å². The fraction of sp³-hybridized carbons (Fsp3) is 0.211. The Labute approximate surface area is 144 Å². The molecule has 25 heavy (non-hydrogen) atoms. The summed E-state index contributed by atoms with van der Waals surface area (Å²) in [7, 11) is 1.80. The lowest BCUT2D eigenvalue weighted by atomic mass is 10.0. The molecular formula is C19H17FN4O. The minimum absolute atomic E-state index is 0.294. The highest BCUT2D eigenvalue weighted by Crippen LogP contribution is 2.36. The Morgan fingerprint density at radius 3 is 2.60 bits per heavy atom. The number of carbonyl (C=O) groups is 1. The average molecular weight is 336 g/mol. The summed E-state index contributed by atoms with van der Waals surface area (Å²) in [6.07, 6.45) is 2.74. The van der Waals surface area contributed by atoms with E-state index in [9.17, 15) is 9.18 Å². The van der Waals surface area contributed by atoms with Crippen molar-refractivity contribution < 1.29 is 9.18 Å². The summed E-state index contributed by atoms with van der Waals surface area (Å²) >= 11 is 0. The molecule has 1 amide bonds. The van der Waals surface area contributed by atoms with Gasteiger partial charge in [0.25, 0.3) is 0 Å². The fourth-order valence-electron chi connectivity index (χ4n) is 2.90. The SMILES string of the molecule is CNc1ncc(-c2ccccc2)c2cc(NC(=O)[C@@H]3CC3F)ncc12. The van der Waals surface area contributed by atoms with Gasteiger partial charge in [0.1, 0.15) is 17.8 Å². The van der Waals surface area contributed by atoms with Crippen molar-refractivity contribution in [1.82, 2.24) is 9.97 Å². The third-order valence-corrected chi connectivity index (χ3v) is 4.39. The predicted octanol–water partition coefficient (Wildman–Crippen LogP) is 3.64. The lowest BCUT2D eigenvalue weighted by Crippen LogP contribution is -2.15. The molecule has 1 aliphatic carbocycles. The summed E-state index contributed by atoms with van der Waals surface area (Å²) in [5, 5.41) is 7.54. The van der Waals surface area contributed by atoms with Crippen LogP contribution in [-0.2, 0) is 4.79 Å². The molecule has 1 aromatic carbocycles. The number of hydrogen-bond acceptors (Lipinski definition) is 4. The van der Waals surface area contributed by atoms with Crippen molar-refractivity contribution in [2.24, 2.45) is 5.92 Å². The van der Waals surface area contributed by atoms with Crippen LogP contribution in [0.15, 0.2) is 48.8 Å². The van der Waals surface area contributed by atoms with E-state index in [1.54, 1.807) is 19.4 Å². The maximum atomic E-state index is 13.1. The van der Waals surface area contributed by atoms with Crippen LogP contribution in [0.2, 0.25) is 0 Å². The Hall–Kier alpha value is -3.02. The molecule has 3 aromatic rings. The van der Waals surface area contributed by atoms with E-state index in [4.69, 9.17) is 0 Å². The Bertz CT molecular complexity index is 945. The molecular weight excluding hydrogens is 319 g/mol. The van der Waals surface area contributed by atoms with Gasteiger partial charge in [-0.1, -0.05) is 30.3 Å². The lowest BCUT2D eigenvalue weighted by Gasteiger charge is -2.12. The maximum Gasteiger partial charge on any atom is 0.231 e. The summed E-state index contributed by atoms with van der Waals surface area (Å²) in [4.78, 5) is 20.7. The highest BCUT2D eigenvalue weighted by atomic mass is 19.1. The van der Waals surface area contributed by atoms with E-state index in [1.807, 2.05) is 36.4 Å². The molecule has 6 heteroatoms. The highest BCUT2D eigenvalue weighted by molar-refractivity contribution is 6.03. The molecule has 1 unspecified atom stereocenters. The minimum atomic E-state index is -1.03. The predicted molar refractivity (Wildman–Crippen MR) is 96.2 cm³/mol. The van der Waals surface area contributed by atoms with Crippen LogP contribution in [0.4, 0.5) is 16.0 Å². The van der Waals surface area contributed by atoms with Crippen molar-refractivity contribution in [2.75, 3.05) is 17.7 Å². The molecule has 0 spiro atoms. The third kappa shape index (κ3) is 2.91. The van der Waals surface area contributed by atoms with E-state index in [0.29, 0.717) is 18.1 Å². The monoisotopic (exact) mass is 336 g/mol. The van der Waals surface area contributed by atoms with Crippen molar-refractivity contribution in [2.45, 2.75) is 12.6 Å². The van der Waals surface area contributed by atoms with Gasteiger partial charge in [-0.2, -0.15) is 0 Å². The molecule has 0 radical (unpaired) electrons. The maximum absolute atomic E-state index is 13.1. The molecule has 1 aliphatic rings. The van der Waals surface area contributed by atoms with Gasteiger partial charge in [-0.05, 0) is 23.4 Å². The second-order valence-corrected chi connectivity index (χ2v) is 6.10. The lowest BCUT2D eigenvalue weighted by molar-refractivity contribution is -0.117. The number of nitrogens with zero attached hydrogens (tertiary/aromatic N) is 2. The highest BCUT2D eigenvalue weighted by Gasteiger charge is 2.43. The number of halogens is 1. The topological polar surface area (TPSA) is 66.9 Å². The first-order chi connectivity index (χ1) is 12.2. The van der Waals surface area contributed by atoms with E-state index >= 15 is 0 Å². The van der Waals surface area contributed by atoms with Crippen LogP contribution in [0.1, 0.15) is 6.42 Å². The summed E-state index contributed by atoms with van der Waals surface area (Å²) < 4.78 is 13.1. The molecule has 126 valence electrons. The van der Waals surface area contributed by atoms with Gasteiger partial charge in [0.2, 0.25) is 5.91 Å². The van der Waals surface area contributed by atoms with Crippen molar-refractivity contribution in [3.63, 3.8) is 0 Å². The molecule has 2 heterocycles. The molecule has 0 bridgehead atoms.